The van der Waals surface area contributed by atoms with E-state index >= 15 is 0 Å². The predicted molar refractivity (Wildman–Crippen MR) is 453 cm³/mol. The lowest BCUT2D eigenvalue weighted by molar-refractivity contribution is -0.360. The van der Waals surface area contributed by atoms with Crippen molar-refractivity contribution in [3.8, 4) is 0 Å². The maximum absolute atomic E-state index is 14.9. The number of carbonyl (C=O) groups is 4. The van der Waals surface area contributed by atoms with Gasteiger partial charge in [-0.2, -0.15) is 0 Å². The van der Waals surface area contributed by atoms with Crippen LogP contribution in [0.3, 0.4) is 0 Å². The van der Waals surface area contributed by atoms with Crippen LogP contribution in [-0.4, -0.2) is 205 Å². The Morgan fingerprint density at radius 2 is 0.590 bits per heavy atom. The molecule has 3 aliphatic rings. The number of esters is 4. The fourth-order valence-corrected chi connectivity index (χ4v) is 17.0. The first-order valence-corrected chi connectivity index (χ1v) is 49.3. The monoisotopic (exact) mass is 1700 g/mol. The van der Waals surface area contributed by atoms with Gasteiger partial charge in [-0.3, -0.25) is 28.2 Å². The summed E-state index contributed by atoms with van der Waals surface area (Å²) in [6.07, 6.45) is 28.0. The highest BCUT2D eigenvalue weighted by atomic mass is 31.2. The maximum Gasteiger partial charge on any atom is 0.472 e. The zero-order chi connectivity index (χ0) is 85.4. The van der Waals surface area contributed by atoms with E-state index in [1.165, 1.54) is 212 Å². The standard InChI is InChI=1S/C91H171O25P/c1-5-9-13-17-21-25-29-33-35-37-41-44-48-52-56-60-64-75(94)108-70-73-79(98)81(100)85(104)91(112-73)115-88-86(113-77(96)66-62-58-54-50-45-40-32-28-24-20-16-12-8-4)82(101)83(102)87(114-90-84(103)80(99)78(97)72(67-92)111-90)89(88)116-117(105,106)109-69-71(68-107-74(93)63-59-55-51-47-43-39-31-27-23-19-15-11-7-3)110-76(95)65-61-57-53-49-46-42-38-36-34-30-26-22-18-14-10-6-2/h71-73,78-92,97-104H,5-70H2,1-4H3,(H,105,106). The van der Waals surface area contributed by atoms with E-state index in [0.717, 1.165) is 128 Å². The van der Waals surface area contributed by atoms with Crippen molar-refractivity contribution in [3.05, 3.63) is 0 Å². The lowest BCUT2D eigenvalue weighted by Crippen LogP contribution is -2.70. The molecule has 18 atom stereocenters. The van der Waals surface area contributed by atoms with Crippen LogP contribution in [0.4, 0.5) is 0 Å². The number of phosphoric ester groups is 1. The summed E-state index contributed by atoms with van der Waals surface area (Å²) in [6.45, 7) is 5.64. The summed E-state index contributed by atoms with van der Waals surface area (Å²) >= 11 is 0. The van der Waals surface area contributed by atoms with Crippen molar-refractivity contribution >= 4 is 31.7 Å². The number of unbranched alkanes of at least 4 members (excludes halogenated alkanes) is 54. The minimum atomic E-state index is -5.80. The molecule has 2 saturated heterocycles. The van der Waals surface area contributed by atoms with Crippen molar-refractivity contribution in [2.75, 3.05) is 26.4 Å². The fourth-order valence-electron chi connectivity index (χ4n) is 16.0. The van der Waals surface area contributed by atoms with E-state index in [1.807, 2.05) is 0 Å². The van der Waals surface area contributed by atoms with Gasteiger partial charge in [-0.25, -0.2) is 4.57 Å². The molecule has 0 bridgehead atoms. The second-order valence-electron chi connectivity index (χ2n) is 34.3. The van der Waals surface area contributed by atoms with Crippen LogP contribution >= 0.6 is 7.82 Å². The summed E-state index contributed by atoms with van der Waals surface area (Å²) in [6, 6.07) is 0. The average Bonchev–Trinajstić information content (AvgIpc) is 0.754. The Kier molecular flexibility index (Phi) is 65.7. The number of hydrogen-bond donors (Lipinski definition) is 10. The summed E-state index contributed by atoms with van der Waals surface area (Å²) in [4.78, 5) is 66.5. The minimum absolute atomic E-state index is 0.0204. The molecule has 690 valence electrons. The zero-order valence-electron chi connectivity index (χ0n) is 73.5. The number of phosphoric acid groups is 1. The van der Waals surface area contributed by atoms with Crippen LogP contribution in [0.2, 0.25) is 0 Å². The van der Waals surface area contributed by atoms with Gasteiger partial charge in [0.2, 0.25) is 0 Å². The highest BCUT2D eigenvalue weighted by molar-refractivity contribution is 7.47. The van der Waals surface area contributed by atoms with E-state index in [9.17, 15) is 74.6 Å². The molecule has 3 fully saturated rings. The molecule has 2 aliphatic heterocycles. The first kappa shape index (κ1) is 109. The van der Waals surface area contributed by atoms with Crippen LogP contribution in [0, 0.1) is 0 Å². The van der Waals surface area contributed by atoms with Gasteiger partial charge in [0.05, 0.1) is 13.2 Å². The number of aliphatic hydroxyl groups excluding tert-OH is 9. The highest BCUT2D eigenvalue weighted by Crippen LogP contribution is 2.49. The van der Waals surface area contributed by atoms with Crippen LogP contribution in [0.5, 0.6) is 0 Å². The number of carbonyl (C=O) groups excluding carboxylic acids is 4. The van der Waals surface area contributed by atoms with Gasteiger partial charge in [0.15, 0.2) is 24.8 Å². The van der Waals surface area contributed by atoms with Crippen LogP contribution in [-0.2, 0) is 70.7 Å². The molecule has 25 nitrogen and oxygen atoms in total. The molecule has 26 heteroatoms. The summed E-state index contributed by atoms with van der Waals surface area (Å²) < 4.78 is 73.5. The molecule has 2 heterocycles. The van der Waals surface area contributed by atoms with Gasteiger partial charge in [-0.05, 0) is 25.7 Å². The molecule has 18 unspecified atom stereocenters. The Labute approximate surface area is 706 Å². The number of rotatable bonds is 78. The molecule has 0 amide bonds. The Bertz CT molecular complexity index is 2430. The Hall–Kier alpha value is -2.53. The molecule has 0 aromatic heterocycles. The normalized spacial score (nSPS) is 25.0. The molecule has 1 aliphatic carbocycles. The second-order valence-corrected chi connectivity index (χ2v) is 35.7. The first-order valence-electron chi connectivity index (χ1n) is 47.8. The predicted octanol–water partition coefficient (Wildman–Crippen LogP) is 17.8. The molecule has 0 aromatic carbocycles. The third-order valence-corrected chi connectivity index (χ3v) is 24.6. The van der Waals surface area contributed by atoms with E-state index in [-0.39, 0.29) is 25.7 Å². The second kappa shape index (κ2) is 70.7. The van der Waals surface area contributed by atoms with E-state index in [1.54, 1.807) is 0 Å². The fraction of sp³-hybridized carbons (Fsp3) is 0.956. The molecule has 3 rings (SSSR count). The van der Waals surface area contributed by atoms with Crippen LogP contribution in [0.25, 0.3) is 0 Å². The van der Waals surface area contributed by atoms with Crippen molar-refractivity contribution in [3.63, 3.8) is 0 Å². The van der Waals surface area contributed by atoms with E-state index in [4.69, 9.17) is 46.9 Å². The molecule has 10 N–H and O–H groups in total. The lowest BCUT2D eigenvalue weighted by atomic mass is 9.84. The Morgan fingerprint density at radius 1 is 0.308 bits per heavy atom. The molecule has 0 radical (unpaired) electrons. The van der Waals surface area contributed by atoms with Crippen molar-refractivity contribution in [2.24, 2.45) is 0 Å². The van der Waals surface area contributed by atoms with Gasteiger partial charge in [-0.1, -0.05) is 374 Å². The topological polar surface area (TPSA) is 380 Å². The number of aliphatic hydroxyl groups is 9. The molecule has 1 saturated carbocycles. The van der Waals surface area contributed by atoms with Crippen LogP contribution < -0.4 is 0 Å². The molecule has 117 heavy (non-hydrogen) atoms. The van der Waals surface area contributed by atoms with Gasteiger partial charge in [0.1, 0.15) is 92.6 Å². The van der Waals surface area contributed by atoms with Gasteiger partial charge in [0, 0.05) is 25.7 Å². The first-order chi connectivity index (χ1) is 56.7. The Balaban J connectivity index is 1.90. The zero-order valence-corrected chi connectivity index (χ0v) is 74.4. The third-order valence-electron chi connectivity index (χ3n) is 23.6. The lowest BCUT2D eigenvalue weighted by Gasteiger charge is -2.50. The van der Waals surface area contributed by atoms with Crippen molar-refractivity contribution in [2.45, 2.75) is 530 Å². The van der Waals surface area contributed by atoms with Gasteiger partial charge in [-0.15, -0.1) is 0 Å². The van der Waals surface area contributed by atoms with Gasteiger partial charge < -0.3 is 88.7 Å². The molecular formula is C91H171O25P. The van der Waals surface area contributed by atoms with Crippen molar-refractivity contribution in [1.29, 1.82) is 0 Å². The van der Waals surface area contributed by atoms with Gasteiger partial charge >= 0.3 is 31.7 Å². The van der Waals surface area contributed by atoms with Crippen molar-refractivity contribution in [1.82, 2.24) is 0 Å². The van der Waals surface area contributed by atoms with Crippen molar-refractivity contribution < 1.29 is 122 Å². The quantitative estimate of drug-likeness (QED) is 0.0117. The third kappa shape index (κ3) is 50.9. The molecule has 0 spiro atoms. The van der Waals surface area contributed by atoms with Crippen LogP contribution in [0.1, 0.15) is 426 Å². The smallest absolute Gasteiger partial charge is 0.463 e. The van der Waals surface area contributed by atoms with Crippen LogP contribution in [0.15, 0.2) is 0 Å². The highest BCUT2D eigenvalue weighted by Gasteiger charge is 2.60. The van der Waals surface area contributed by atoms with E-state index < -0.39 is 162 Å². The minimum Gasteiger partial charge on any atom is -0.463 e. The largest absolute Gasteiger partial charge is 0.472 e. The summed E-state index contributed by atoms with van der Waals surface area (Å²) in [7, 11) is -5.80. The summed E-state index contributed by atoms with van der Waals surface area (Å²) in [5, 5.41) is 102. The van der Waals surface area contributed by atoms with Gasteiger partial charge in [0.25, 0.3) is 0 Å². The van der Waals surface area contributed by atoms with E-state index in [0.29, 0.717) is 32.1 Å². The van der Waals surface area contributed by atoms with E-state index in [2.05, 4.69) is 27.7 Å². The SMILES string of the molecule is CCCCCCCCCCCCCCCCCCC(=O)OCC1OC(OC2C(OC(=O)CCCCCCCCCCCCCCC)C(O)C(O)C(OC3OC(CO)C(O)C(O)C3O)C2OP(=O)(O)OCC(COC(=O)CCCCCCCCCCCCCCC)OC(=O)CCCCCCCCCCCCCCCCCC)C(O)C(O)C1O. The number of hydrogen-bond acceptors (Lipinski definition) is 24. The maximum atomic E-state index is 14.9. The average molecular weight is 1700 g/mol. The number of ether oxygens (including phenoxy) is 8. The molecular weight excluding hydrogens is 1520 g/mol. The Morgan fingerprint density at radius 3 is 0.932 bits per heavy atom. The summed E-state index contributed by atoms with van der Waals surface area (Å²) in [5.74, 6) is -2.94. The summed E-state index contributed by atoms with van der Waals surface area (Å²) in [5.41, 5.74) is 0. The molecule has 0 aromatic rings.